The lowest BCUT2D eigenvalue weighted by atomic mass is 10.1. The molecule has 0 saturated heterocycles. The first-order valence-electron chi connectivity index (χ1n) is 7.40. The van der Waals surface area contributed by atoms with Gasteiger partial charge in [0.25, 0.3) is 0 Å². The fourth-order valence-corrected chi connectivity index (χ4v) is 1.95. The third kappa shape index (κ3) is 4.33. The Bertz CT molecular complexity index is 623. The number of hydrogen-bond donors (Lipinski definition) is 2. The third-order valence-corrected chi connectivity index (χ3v) is 3.48. The minimum Gasteiger partial charge on any atom is -0.457 e. The first kappa shape index (κ1) is 16.0. The van der Waals surface area contributed by atoms with Crippen molar-refractivity contribution in [2.75, 3.05) is 6.54 Å². The number of ether oxygens (including phenoxy) is 1. The number of amides is 1. The second kappa shape index (κ2) is 7.61. The van der Waals surface area contributed by atoms with E-state index in [0.29, 0.717) is 13.1 Å². The van der Waals surface area contributed by atoms with E-state index in [9.17, 15) is 4.79 Å². The van der Waals surface area contributed by atoms with Gasteiger partial charge in [-0.25, -0.2) is 0 Å². The number of nitrogens with two attached hydrogens (primary N) is 1. The molecule has 116 valence electrons. The summed E-state index contributed by atoms with van der Waals surface area (Å²) in [5.74, 6) is 1.28. The van der Waals surface area contributed by atoms with Gasteiger partial charge in [0.2, 0.25) is 5.91 Å². The highest BCUT2D eigenvalue weighted by Gasteiger charge is 2.11. The van der Waals surface area contributed by atoms with Crippen LogP contribution in [0.1, 0.15) is 18.1 Å². The zero-order valence-corrected chi connectivity index (χ0v) is 13.0. The number of benzene rings is 2. The molecule has 0 aliphatic rings. The lowest BCUT2D eigenvalue weighted by molar-refractivity contribution is -0.124. The van der Waals surface area contributed by atoms with Gasteiger partial charge in [-0.15, -0.1) is 0 Å². The standard InChI is InChI=1S/C18H22N2O2/c1-13-7-9-16(10-8-13)22-17-6-4-3-5-15(17)12-20-18(21)14(2)11-19/h3-10,14H,11-12,19H2,1-2H3,(H,20,21). The Balaban J connectivity index is 2.06. The van der Waals surface area contributed by atoms with Gasteiger partial charge in [0, 0.05) is 24.6 Å². The van der Waals surface area contributed by atoms with Crippen molar-refractivity contribution in [3.05, 3.63) is 59.7 Å². The Morgan fingerprint density at radius 2 is 1.86 bits per heavy atom. The van der Waals surface area contributed by atoms with Crippen LogP contribution in [0.4, 0.5) is 0 Å². The smallest absolute Gasteiger partial charge is 0.224 e. The highest BCUT2D eigenvalue weighted by Crippen LogP contribution is 2.25. The molecule has 0 aliphatic carbocycles. The highest BCUT2D eigenvalue weighted by atomic mass is 16.5. The Morgan fingerprint density at radius 3 is 2.55 bits per heavy atom. The van der Waals surface area contributed by atoms with Crippen molar-refractivity contribution in [1.29, 1.82) is 0 Å². The maximum atomic E-state index is 11.8. The van der Waals surface area contributed by atoms with Crippen LogP contribution >= 0.6 is 0 Å². The van der Waals surface area contributed by atoms with Gasteiger partial charge in [-0.05, 0) is 25.1 Å². The molecule has 0 bridgehead atoms. The van der Waals surface area contributed by atoms with E-state index in [4.69, 9.17) is 10.5 Å². The van der Waals surface area contributed by atoms with Gasteiger partial charge in [0.1, 0.15) is 11.5 Å². The van der Waals surface area contributed by atoms with E-state index in [1.165, 1.54) is 5.56 Å². The molecule has 4 heteroatoms. The molecule has 22 heavy (non-hydrogen) atoms. The molecule has 1 amide bonds. The molecule has 2 rings (SSSR count). The van der Waals surface area contributed by atoms with Crippen molar-refractivity contribution in [3.63, 3.8) is 0 Å². The fraction of sp³-hybridized carbons (Fsp3) is 0.278. The summed E-state index contributed by atoms with van der Waals surface area (Å²) in [7, 11) is 0. The molecule has 0 heterocycles. The highest BCUT2D eigenvalue weighted by molar-refractivity contribution is 5.78. The number of para-hydroxylation sites is 1. The second-order valence-electron chi connectivity index (χ2n) is 5.38. The van der Waals surface area contributed by atoms with E-state index in [1.807, 2.05) is 62.4 Å². The van der Waals surface area contributed by atoms with Crippen LogP contribution < -0.4 is 15.8 Å². The number of carbonyl (C=O) groups is 1. The number of aryl methyl sites for hydroxylation is 1. The SMILES string of the molecule is Cc1ccc(Oc2ccccc2CNC(=O)C(C)CN)cc1. The van der Waals surface area contributed by atoms with E-state index in [2.05, 4.69) is 5.32 Å². The van der Waals surface area contributed by atoms with Crippen LogP contribution in [-0.2, 0) is 11.3 Å². The van der Waals surface area contributed by atoms with Gasteiger partial charge in [-0.3, -0.25) is 4.79 Å². The summed E-state index contributed by atoms with van der Waals surface area (Å²) in [5, 5.41) is 2.89. The van der Waals surface area contributed by atoms with Crippen molar-refractivity contribution >= 4 is 5.91 Å². The molecular weight excluding hydrogens is 276 g/mol. The average molecular weight is 298 g/mol. The number of carbonyl (C=O) groups excluding carboxylic acids is 1. The van der Waals surface area contributed by atoms with Crippen LogP contribution in [0, 0.1) is 12.8 Å². The molecule has 4 nitrogen and oxygen atoms in total. The van der Waals surface area contributed by atoms with Gasteiger partial charge in [-0.1, -0.05) is 42.8 Å². The second-order valence-corrected chi connectivity index (χ2v) is 5.38. The lowest BCUT2D eigenvalue weighted by Crippen LogP contribution is -2.32. The molecular formula is C18H22N2O2. The maximum Gasteiger partial charge on any atom is 0.224 e. The number of hydrogen-bond acceptors (Lipinski definition) is 3. The van der Waals surface area contributed by atoms with Crippen LogP contribution in [0.25, 0.3) is 0 Å². The molecule has 3 N–H and O–H groups in total. The van der Waals surface area contributed by atoms with E-state index < -0.39 is 0 Å². The van der Waals surface area contributed by atoms with Gasteiger partial charge in [0.15, 0.2) is 0 Å². The van der Waals surface area contributed by atoms with Crippen molar-refractivity contribution in [2.24, 2.45) is 11.7 Å². The molecule has 2 aromatic rings. The zero-order chi connectivity index (χ0) is 15.9. The van der Waals surface area contributed by atoms with Gasteiger partial charge < -0.3 is 15.8 Å². The molecule has 1 unspecified atom stereocenters. The molecule has 0 spiro atoms. The Labute approximate surface area is 131 Å². The normalized spacial score (nSPS) is 11.8. The van der Waals surface area contributed by atoms with Crippen LogP contribution in [-0.4, -0.2) is 12.5 Å². The van der Waals surface area contributed by atoms with Crippen LogP contribution in [0.2, 0.25) is 0 Å². The van der Waals surface area contributed by atoms with E-state index >= 15 is 0 Å². The van der Waals surface area contributed by atoms with Crippen molar-refractivity contribution < 1.29 is 9.53 Å². The lowest BCUT2D eigenvalue weighted by Gasteiger charge is -2.13. The predicted octanol–water partition coefficient (Wildman–Crippen LogP) is 3.00. The molecule has 0 saturated carbocycles. The Hall–Kier alpha value is -2.33. The molecule has 0 fully saturated rings. The van der Waals surface area contributed by atoms with Crippen LogP contribution in [0.3, 0.4) is 0 Å². The van der Waals surface area contributed by atoms with Crippen molar-refractivity contribution in [2.45, 2.75) is 20.4 Å². The van der Waals surface area contributed by atoms with Gasteiger partial charge >= 0.3 is 0 Å². The quantitative estimate of drug-likeness (QED) is 0.861. The summed E-state index contributed by atoms with van der Waals surface area (Å²) >= 11 is 0. The topological polar surface area (TPSA) is 64.3 Å². The summed E-state index contributed by atoms with van der Waals surface area (Å²) in [5.41, 5.74) is 7.62. The summed E-state index contributed by atoms with van der Waals surface area (Å²) < 4.78 is 5.91. The molecule has 0 aliphatic heterocycles. The van der Waals surface area contributed by atoms with Gasteiger partial charge in [0.05, 0.1) is 0 Å². The fourth-order valence-electron chi connectivity index (χ4n) is 1.95. The minimum absolute atomic E-state index is 0.0485. The van der Waals surface area contributed by atoms with Crippen LogP contribution in [0.5, 0.6) is 11.5 Å². The average Bonchev–Trinajstić information content (AvgIpc) is 2.55. The minimum atomic E-state index is -0.190. The number of nitrogens with one attached hydrogen (secondary N) is 1. The largest absolute Gasteiger partial charge is 0.457 e. The summed E-state index contributed by atoms with van der Waals surface area (Å²) in [6.07, 6.45) is 0. The summed E-state index contributed by atoms with van der Waals surface area (Å²) in [6.45, 7) is 4.61. The predicted molar refractivity (Wildman–Crippen MR) is 87.8 cm³/mol. The monoisotopic (exact) mass is 298 g/mol. The molecule has 0 aromatic heterocycles. The molecule has 1 atom stereocenters. The Kier molecular flexibility index (Phi) is 5.55. The summed E-state index contributed by atoms with van der Waals surface area (Å²) in [6, 6.07) is 15.5. The van der Waals surface area contributed by atoms with Gasteiger partial charge in [-0.2, -0.15) is 0 Å². The van der Waals surface area contributed by atoms with Crippen molar-refractivity contribution in [3.8, 4) is 11.5 Å². The third-order valence-electron chi connectivity index (χ3n) is 3.48. The number of rotatable bonds is 6. The van der Waals surface area contributed by atoms with Crippen LogP contribution in [0.15, 0.2) is 48.5 Å². The molecule has 2 aromatic carbocycles. The Morgan fingerprint density at radius 1 is 1.18 bits per heavy atom. The van der Waals surface area contributed by atoms with E-state index in [1.54, 1.807) is 0 Å². The molecule has 0 radical (unpaired) electrons. The summed E-state index contributed by atoms with van der Waals surface area (Å²) in [4.78, 5) is 11.8. The zero-order valence-electron chi connectivity index (χ0n) is 13.0. The van der Waals surface area contributed by atoms with E-state index in [0.717, 1.165) is 17.1 Å². The van der Waals surface area contributed by atoms with Crippen molar-refractivity contribution in [1.82, 2.24) is 5.32 Å². The van der Waals surface area contributed by atoms with E-state index in [-0.39, 0.29) is 11.8 Å². The first-order valence-corrected chi connectivity index (χ1v) is 7.40. The maximum absolute atomic E-state index is 11.8. The first-order chi connectivity index (χ1) is 10.6.